The van der Waals surface area contributed by atoms with Crippen LogP contribution in [0, 0.1) is 0 Å². The van der Waals surface area contributed by atoms with E-state index in [0.717, 1.165) is 13.0 Å². The summed E-state index contributed by atoms with van der Waals surface area (Å²) in [5.74, 6) is 1.17. The van der Waals surface area contributed by atoms with Crippen molar-refractivity contribution in [1.29, 1.82) is 0 Å². The summed E-state index contributed by atoms with van der Waals surface area (Å²) >= 11 is 1.77. The summed E-state index contributed by atoms with van der Waals surface area (Å²) in [6.07, 6.45) is 2.39. The molecule has 0 amide bonds. The quantitative estimate of drug-likeness (QED) is 0.532. The third-order valence-corrected chi connectivity index (χ3v) is 1.74. The van der Waals surface area contributed by atoms with Crippen LogP contribution >= 0.6 is 11.8 Å². The van der Waals surface area contributed by atoms with E-state index in [9.17, 15) is 0 Å². The molecule has 0 aromatic carbocycles. The third-order valence-electron chi connectivity index (χ3n) is 0.979. The molecule has 0 saturated carbocycles. The summed E-state index contributed by atoms with van der Waals surface area (Å²) in [7, 11) is 1.74. The van der Waals surface area contributed by atoms with Crippen LogP contribution < -0.4 is 0 Å². The van der Waals surface area contributed by atoms with Gasteiger partial charge in [-0.15, -0.1) is 11.8 Å². The van der Waals surface area contributed by atoms with Gasteiger partial charge in [-0.25, -0.2) is 0 Å². The second-order valence-corrected chi connectivity index (χ2v) is 2.81. The minimum absolute atomic E-state index is 0.887. The van der Waals surface area contributed by atoms with Crippen LogP contribution in [0.5, 0.6) is 0 Å². The summed E-state index contributed by atoms with van der Waals surface area (Å²) in [4.78, 5) is 0. The lowest BCUT2D eigenvalue weighted by Crippen LogP contribution is -1.88. The summed E-state index contributed by atoms with van der Waals surface area (Å²) in [5, 5.41) is 1.88. The predicted octanol–water partition coefficient (Wildman–Crippen LogP) is 2.29. The summed E-state index contributed by atoms with van der Waals surface area (Å²) in [6.45, 7) is 4.50. The van der Waals surface area contributed by atoms with Crippen molar-refractivity contribution in [3.8, 4) is 0 Å². The fraction of sp³-hybridized carbons (Fsp3) is 0.714. The van der Waals surface area contributed by atoms with Crippen LogP contribution in [0.4, 0.5) is 0 Å². The fourth-order valence-electron chi connectivity index (χ4n) is 0.515. The highest BCUT2D eigenvalue weighted by molar-refractivity contribution is 8.02. The third kappa shape index (κ3) is 8.05. The van der Waals surface area contributed by atoms with Crippen molar-refractivity contribution in [1.82, 2.24) is 0 Å². The molecule has 0 aliphatic carbocycles. The zero-order valence-electron chi connectivity index (χ0n) is 5.93. The Bertz CT molecular complexity index is 63.9. The van der Waals surface area contributed by atoms with Gasteiger partial charge < -0.3 is 4.74 Å². The zero-order valence-corrected chi connectivity index (χ0v) is 6.75. The highest BCUT2D eigenvalue weighted by Crippen LogP contribution is 2.03. The number of methoxy groups -OCH3 is 1. The van der Waals surface area contributed by atoms with Gasteiger partial charge >= 0.3 is 0 Å². The lowest BCUT2D eigenvalue weighted by molar-refractivity contribution is 0.194. The van der Waals surface area contributed by atoms with Crippen LogP contribution in [0.1, 0.15) is 12.8 Å². The first-order chi connectivity index (χ1) is 4.41. The van der Waals surface area contributed by atoms with E-state index in [1.807, 2.05) is 5.41 Å². The Kier molecular flexibility index (Phi) is 8.09. The Labute approximate surface area is 61.5 Å². The van der Waals surface area contributed by atoms with Crippen molar-refractivity contribution in [3.63, 3.8) is 0 Å². The molecule has 0 aromatic rings. The molecule has 0 N–H and O–H groups in total. The van der Waals surface area contributed by atoms with Gasteiger partial charge in [0, 0.05) is 13.7 Å². The van der Waals surface area contributed by atoms with Crippen molar-refractivity contribution in [2.24, 2.45) is 0 Å². The van der Waals surface area contributed by atoms with Crippen LogP contribution in [-0.4, -0.2) is 19.5 Å². The minimum atomic E-state index is 0.887. The monoisotopic (exact) mass is 146 g/mol. The average molecular weight is 146 g/mol. The molecule has 0 unspecified atom stereocenters. The Morgan fingerprint density at radius 2 is 2.33 bits per heavy atom. The van der Waals surface area contributed by atoms with E-state index in [-0.39, 0.29) is 0 Å². The molecule has 0 aromatic heterocycles. The smallest absolute Gasteiger partial charge is 0.0462 e. The molecular formula is C7H14OS. The van der Waals surface area contributed by atoms with Gasteiger partial charge in [-0.05, 0) is 24.0 Å². The van der Waals surface area contributed by atoms with Gasteiger partial charge in [-0.2, -0.15) is 0 Å². The Hall–Kier alpha value is 0.0500. The first-order valence-corrected chi connectivity index (χ1v) is 4.18. The van der Waals surface area contributed by atoms with Gasteiger partial charge in [0.15, 0.2) is 0 Å². The topological polar surface area (TPSA) is 9.23 Å². The predicted molar refractivity (Wildman–Crippen MR) is 43.8 cm³/mol. The Balaban J connectivity index is 2.66. The zero-order chi connectivity index (χ0) is 6.95. The highest BCUT2D eigenvalue weighted by Gasteiger charge is 1.84. The molecule has 9 heavy (non-hydrogen) atoms. The largest absolute Gasteiger partial charge is 0.385 e. The first-order valence-electron chi connectivity index (χ1n) is 3.13. The van der Waals surface area contributed by atoms with Crippen LogP contribution in [0.25, 0.3) is 0 Å². The Morgan fingerprint density at radius 1 is 1.56 bits per heavy atom. The lowest BCUT2D eigenvalue weighted by atomic mass is 10.4. The molecule has 0 atom stereocenters. The summed E-state index contributed by atoms with van der Waals surface area (Å²) < 4.78 is 4.89. The SMILES string of the molecule is C=CSCCCCOC. The molecule has 0 saturated heterocycles. The highest BCUT2D eigenvalue weighted by atomic mass is 32.2. The van der Waals surface area contributed by atoms with Crippen molar-refractivity contribution in [2.45, 2.75) is 12.8 Å². The van der Waals surface area contributed by atoms with E-state index < -0.39 is 0 Å². The van der Waals surface area contributed by atoms with Crippen molar-refractivity contribution >= 4 is 11.8 Å². The molecule has 1 nitrogen and oxygen atoms in total. The van der Waals surface area contributed by atoms with Gasteiger partial charge in [0.05, 0.1) is 0 Å². The van der Waals surface area contributed by atoms with Crippen LogP contribution in [0.15, 0.2) is 12.0 Å². The molecule has 0 heterocycles. The maximum absolute atomic E-state index is 4.89. The summed E-state index contributed by atoms with van der Waals surface area (Å²) in [5.41, 5.74) is 0. The molecule has 0 fully saturated rings. The molecule has 0 aliphatic heterocycles. The summed E-state index contributed by atoms with van der Waals surface area (Å²) in [6, 6.07) is 0. The van der Waals surface area contributed by atoms with Crippen LogP contribution in [0.3, 0.4) is 0 Å². The molecule has 2 heteroatoms. The van der Waals surface area contributed by atoms with Crippen LogP contribution in [0.2, 0.25) is 0 Å². The average Bonchev–Trinajstić information content (AvgIpc) is 1.89. The molecule has 0 aliphatic rings. The number of hydrogen-bond donors (Lipinski definition) is 0. The maximum atomic E-state index is 4.89. The molecule has 0 radical (unpaired) electrons. The van der Waals surface area contributed by atoms with Crippen molar-refractivity contribution in [2.75, 3.05) is 19.5 Å². The van der Waals surface area contributed by atoms with E-state index in [1.165, 1.54) is 12.2 Å². The minimum Gasteiger partial charge on any atom is -0.385 e. The van der Waals surface area contributed by atoms with E-state index in [2.05, 4.69) is 6.58 Å². The second kappa shape index (κ2) is 8.05. The molecule has 0 bridgehead atoms. The standard InChI is InChI=1S/C7H14OS/c1-3-9-7-5-4-6-8-2/h3H,1,4-7H2,2H3. The van der Waals surface area contributed by atoms with Crippen LogP contribution in [-0.2, 0) is 4.74 Å². The van der Waals surface area contributed by atoms with Gasteiger partial charge in [-0.1, -0.05) is 6.58 Å². The first kappa shape index (κ1) is 9.05. The van der Waals surface area contributed by atoms with E-state index in [4.69, 9.17) is 4.74 Å². The Morgan fingerprint density at radius 3 is 2.89 bits per heavy atom. The van der Waals surface area contributed by atoms with Gasteiger partial charge in [0.1, 0.15) is 0 Å². The van der Waals surface area contributed by atoms with E-state index in [0.29, 0.717) is 0 Å². The molecule has 0 rings (SSSR count). The van der Waals surface area contributed by atoms with Gasteiger partial charge in [0.2, 0.25) is 0 Å². The number of hydrogen-bond acceptors (Lipinski definition) is 2. The molecular weight excluding hydrogens is 132 g/mol. The maximum Gasteiger partial charge on any atom is 0.0462 e. The fourth-order valence-corrected chi connectivity index (χ4v) is 1.05. The normalized spacial score (nSPS) is 9.44. The number of thioether (sulfide) groups is 1. The molecule has 54 valence electrons. The number of rotatable bonds is 6. The number of ether oxygens (including phenoxy) is 1. The van der Waals surface area contributed by atoms with Crippen molar-refractivity contribution in [3.05, 3.63) is 12.0 Å². The lowest BCUT2D eigenvalue weighted by Gasteiger charge is -1.95. The number of unbranched alkanes of at least 4 members (excludes halogenated alkanes) is 1. The van der Waals surface area contributed by atoms with E-state index >= 15 is 0 Å². The van der Waals surface area contributed by atoms with Gasteiger partial charge in [0.25, 0.3) is 0 Å². The van der Waals surface area contributed by atoms with E-state index in [1.54, 1.807) is 18.9 Å². The van der Waals surface area contributed by atoms with Crippen molar-refractivity contribution < 1.29 is 4.74 Å². The van der Waals surface area contributed by atoms with Gasteiger partial charge in [-0.3, -0.25) is 0 Å². The second-order valence-electron chi connectivity index (χ2n) is 1.74. The molecule has 0 spiro atoms.